The number of rotatable bonds is 7. The lowest BCUT2D eigenvalue weighted by Crippen LogP contribution is -2.23. The van der Waals surface area contributed by atoms with Crippen molar-refractivity contribution in [3.8, 4) is 11.5 Å². The van der Waals surface area contributed by atoms with Gasteiger partial charge < -0.3 is 14.5 Å². The molecule has 0 saturated carbocycles. The van der Waals surface area contributed by atoms with Gasteiger partial charge in [0.1, 0.15) is 5.82 Å². The van der Waals surface area contributed by atoms with E-state index in [0.29, 0.717) is 34.8 Å². The Hall–Kier alpha value is -2.08. The van der Waals surface area contributed by atoms with Gasteiger partial charge in [-0.2, -0.15) is 0 Å². The van der Waals surface area contributed by atoms with E-state index in [-0.39, 0.29) is 5.56 Å². The summed E-state index contributed by atoms with van der Waals surface area (Å²) in [6.45, 7) is 3.74. The molecule has 120 valence electrons. The molecule has 0 saturated heterocycles. The second kappa shape index (κ2) is 7.26. The van der Waals surface area contributed by atoms with Gasteiger partial charge in [-0.3, -0.25) is 9.69 Å². The zero-order chi connectivity index (χ0) is 16.1. The van der Waals surface area contributed by atoms with Gasteiger partial charge in [0.25, 0.3) is 5.56 Å². The number of nitrogens with zero attached hydrogens (tertiary/aromatic N) is 2. The summed E-state index contributed by atoms with van der Waals surface area (Å²) >= 11 is 0. The lowest BCUT2D eigenvalue weighted by molar-refractivity contribution is 0.313. The first-order chi connectivity index (χ1) is 10.6. The van der Waals surface area contributed by atoms with Gasteiger partial charge in [0.05, 0.1) is 31.7 Å². The van der Waals surface area contributed by atoms with Gasteiger partial charge >= 0.3 is 0 Å². The molecular formula is C16H23N3O3. The Morgan fingerprint density at radius 3 is 2.55 bits per heavy atom. The summed E-state index contributed by atoms with van der Waals surface area (Å²) < 4.78 is 10.5. The quantitative estimate of drug-likeness (QED) is 0.849. The van der Waals surface area contributed by atoms with Crippen LogP contribution < -0.4 is 15.0 Å². The number of methoxy groups -OCH3 is 2. The van der Waals surface area contributed by atoms with Gasteiger partial charge in [0.2, 0.25) is 0 Å². The van der Waals surface area contributed by atoms with Gasteiger partial charge in [-0.25, -0.2) is 4.98 Å². The molecule has 22 heavy (non-hydrogen) atoms. The van der Waals surface area contributed by atoms with Crippen molar-refractivity contribution in [2.24, 2.45) is 0 Å². The van der Waals surface area contributed by atoms with Crippen molar-refractivity contribution in [1.29, 1.82) is 0 Å². The Kier molecular flexibility index (Phi) is 5.38. The van der Waals surface area contributed by atoms with Crippen LogP contribution in [0.1, 0.15) is 25.6 Å². The van der Waals surface area contributed by atoms with Crippen LogP contribution in [-0.2, 0) is 6.54 Å². The summed E-state index contributed by atoms with van der Waals surface area (Å²) in [6.07, 6.45) is 2.27. The predicted molar refractivity (Wildman–Crippen MR) is 86.7 cm³/mol. The van der Waals surface area contributed by atoms with Crippen molar-refractivity contribution in [3.05, 3.63) is 28.3 Å². The average molecular weight is 305 g/mol. The number of H-pyrrole nitrogens is 1. The van der Waals surface area contributed by atoms with E-state index in [1.54, 1.807) is 26.4 Å². The minimum absolute atomic E-state index is 0.162. The molecule has 1 aromatic heterocycles. The fourth-order valence-corrected chi connectivity index (χ4v) is 2.35. The van der Waals surface area contributed by atoms with Crippen LogP contribution in [0.5, 0.6) is 11.5 Å². The minimum atomic E-state index is -0.162. The zero-order valence-electron chi connectivity index (χ0n) is 13.6. The summed E-state index contributed by atoms with van der Waals surface area (Å²) in [5.74, 6) is 1.75. The third-order valence-corrected chi connectivity index (χ3v) is 3.57. The number of aromatic nitrogens is 2. The normalized spacial score (nSPS) is 11.1. The highest BCUT2D eigenvalue weighted by atomic mass is 16.5. The number of aromatic amines is 1. The standard InChI is InChI=1S/C16H23N3O3/c1-5-6-7-19(2)10-15-17-12-9-14(22-4)13(21-3)8-11(12)16(20)18-15/h8-9H,5-7,10H2,1-4H3,(H,17,18,20). The molecule has 6 heteroatoms. The monoisotopic (exact) mass is 305 g/mol. The Labute approximate surface area is 130 Å². The molecule has 0 bridgehead atoms. The molecule has 1 heterocycles. The van der Waals surface area contributed by atoms with Crippen LogP contribution >= 0.6 is 0 Å². The molecular weight excluding hydrogens is 282 g/mol. The fourth-order valence-electron chi connectivity index (χ4n) is 2.35. The lowest BCUT2D eigenvalue weighted by Gasteiger charge is -2.15. The van der Waals surface area contributed by atoms with E-state index in [0.717, 1.165) is 19.4 Å². The first kappa shape index (κ1) is 16.3. The van der Waals surface area contributed by atoms with Crippen molar-refractivity contribution >= 4 is 10.9 Å². The molecule has 0 aliphatic rings. The highest BCUT2D eigenvalue weighted by Gasteiger charge is 2.11. The van der Waals surface area contributed by atoms with E-state index in [1.165, 1.54) is 0 Å². The largest absolute Gasteiger partial charge is 0.493 e. The summed E-state index contributed by atoms with van der Waals surface area (Å²) in [5.41, 5.74) is 0.449. The highest BCUT2D eigenvalue weighted by molar-refractivity contribution is 5.81. The smallest absolute Gasteiger partial charge is 0.258 e. The Morgan fingerprint density at radius 2 is 1.91 bits per heavy atom. The maximum Gasteiger partial charge on any atom is 0.258 e. The van der Waals surface area contributed by atoms with Gasteiger partial charge in [0.15, 0.2) is 11.5 Å². The summed E-state index contributed by atoms with van der Waals surface area (Å²) in [7, 11) is 5.13. The van der Waals surface area contributed by atoms with E-state index in [9.17, 15) is 4.79 Å². The van der Waals surface area contributed by atoms with Gasteiger partial charge in [0, 0.05) is 6.07 Å². The molecule has 0 aliphatic heterocycles. The molecule has 0 unspecified atom stereocenters. The van der Waals surface area contributed by atoms with Crippen molar-refractivity contribution < 1.29 is 9.47 Å². The maximum atomic E-state index is 12.3. The molecule has 0 radical (unpaired) electrons. The van der Waals surface area contributed by atoms with Crippen LogP contribution in [-0.4, -0.2) is 42.7 Å². The Bertz CT molecular complexity index is 697. The predicted octanol–water partition coefficient (Wildman–Crippen LogP) is 2.17. The first-order valence-corrected chi connectivity index (χ1v) is 7.42. The third kappa shape index (κ3) is 3.57. The zero-order valence-corrected chi connectivity index (χ0v) is 13.6. The van der Waals surface area contributed by atoms with E-state index >= 15 is 0 Å². The third-order valence-electron chi connectivity index (χ3n) is 3.57. The number of fused-ring (bicyclic) bond motifs is 1. The molecule has 0 spiro atoms. The van der Waals surface area contributed by atoms with Crippen molar-refractivity contribution in [2.75, 3.05) is 27.8 Å². The van der Waals surface area contributed by atoms with Crippen LogP contribution in [0, 0.1) is 0 Å². The highest BCUT2D eigenvalue weighted by Crippen LogP contribution is 2.29. The van der Waals surface area contributed by atoms with Gasteiger partial charge in [-0.1, -0.05) is 13.3 Å². The van der Waals surface area contributed by atoms with Crippen LogP contribution in [0.2, 0.25) is 0 Å². The number of ether oxygens (including phenoxy) is 2. The molecule has 1 aromatic carbocycles. The van der Waals surface area contributed by atoms with Crippen LogP contribution in [0.3, 0.4) is 0 Å². The van der Waals surface area contributed by atoms with E-state index in [2.05, 4.69) is 21.8 Å². The summed E-state index contributed by atoms with van der Waals surface area (Å²) in [6, 6.07) is 3.39. The molecule has 0 aliphatic carbocycles. The van der Waals surface area contributed by atoms with Crippen molar-refractivity contribution in [3.63, 3.8) is 0 Å². The topological polar surface area (TPSA) is 67.5 Å². The molecule has 0 fully saturated rings. The van der Waals surface area contributed by atoms with Crippen LogP contribution in [0.25, 0.3) is 10.9 Å². The Balaban J connectivity index is 2.37. The summed E-state index contributed by atoms with van der Waals surface area (Å²) in [4.78, 5) is 21.8. The number of unbranched alkanes of at least 4 members (excludes halogenated alkanes) is 1. The average Bonchev–Trinajstić information content (AvgIpc) is 2.51. The molecule has 6 nitrogen and oxygen atoms in total. The van der Waals surface area contributed by atoms with Gasteiger partial charge in [-0.05, 0) is 26.1 Å². The van der Waals surface area contributed by atoms with Crippen LogP contribution in [0.4, 0.5) is 0 Å². The summed E-state index contributed by atoms with van der Waals surface area (Å²) in [5, 5.41) is 0.498. The number of hydrogen-bond donors (Lipinski definition) is 1. The fraction of sp³-hybridized carbons (Fsp3) is 0.500. The van der Waals surface area contributed by atoms with Crippen molar-refractivity contribution in [1.82, 2.24) is 14.9 Å². The van der Waals surface area contributed by atoms with E-state index < -0.39 is 0 Å². The first-order valence-electron chi connectivity index (χ1n) is 7.42. The lowest BCUT2D eigenvalue weighted by atomic mass is 10.2. The Morgan fingerprint density at radius 1 is 1.23 bits per heavy atom. The SMILES string of the molecule is CCCCN(C)Cc1nc2cc(OC)c(OC)cc2c(=O)[nH]1. The van der Waals surface area contributed by atoms with E-state index in [1.807, 2.05) is 7.05 Å². The molecule has 0 amide bonds. The molecule has 0 atom stereocenters. The molecule has 2 aromatic rings. The van der Waals surface area contributed by atoms with E-state index in [4.69, 9.17) is 9.47 Å². The second-order valence-electron chi connectivity index (χ2n) is 5.33. The van der Waals surface area contributed by atoms with Crippen molar-refractivity contribution in [2.45, 2.75) is 26.3 Å². The number of hydrogen-bond acceptors (Lipinski definition) is 5. The minimum Gasteiger partial charge on any atom is -0.493 e. The molecule has 2 rings (SSSR count). The number of nitrogens with one attached hydrogen (secondary N) is 1. The second-order valence-corrected chi connectivity index (χ2v) is 5.33. The van der Waals surface area contributed by atoms with Crippen LogP contribution in [0.15, 0.2) is 16.9 Å². The van der Waals surface area contributed by atoms with Gasteiger partial charge in [-0.15, -0.1) is 0 Å². The number of benzene rings is 1. The maximum absolute atomic E-state index is 12.3. The molecule has 1 N–H and O–H groups in total.